The van der Waals surface area contributed by atoms with E-state index in [1.807, 2.05) is 73.5 Å². The molecular formula is C28H20N4O2S. The molecule has 0 atom stereocenters. The summed E-state index contributed by atoms with van der Waals surface area (Å²) < 4.78 is 28.6. The molecule has 1 aliphatic rings. The largest absolute Gasteiger partial charge is 0.342 e. The lowest BCUT2D eigenvalue weighted by Gasteiger charge is -2.30. The first-order chi connectivity index (χ1) is 16.9. The van der Waals surface area contributed by atoms with Crippen molar-refractivity contribution in [2.75, 3.05) is 11.9 Å². The SMILES string of the molecule is Cc1nc2cc(-c3ccc4c(c3)N(C)c3ccccc3S4(=O)=O)ccc2c2nc3ccccc3n12. The van der Waals surface area contributed by atoms with Gasteiger partial charge in [0.25, 0.3) is 0 Å². The fraction of sp³-hybridized carbons (Fsp3) is 0.0714. The molecule has 1 aliphatic heterocycles. The molecule has 0 fully saturated rings. The van der Waals surface area contributed by atoms with E-state index in [1.165, 1.54) is 0 Å². The molecule has 3 heterocycles. The van der Waals surface area contributed by atoms with Crippen LogP contribution in [-0.4, -0.2) is 29.8 Å². The van der Waals surface area contributed by atoms with Crippen molar-refractivity contribution in [3.63, 3.8) is 0 Å². The van der Waals surface area contributed by atoms with Gasteiger partial charge in [0.05, 0.1) is 37.7 Å². The summed E-state index contributed by atoms with van der Waals surface area (Å²) in [5.74, 6) is 0.867. The van der Waals surface area contributed by atoms with E-state index in [9.17, 15) is 8.42 Å². The van der Waals surface area contributed by atoms with Gasteiger partial charge in [-0.2, -0.15) is 0 Å². The van der Waals surface area contributed by atoms with Gasteiger partial charge in [-0.25, -0.2) is 18.4 Å². The first-order valence-corrected chi connectivity index (χ1v) is 12.8. The highest BCUT2D eigenvalue weighted by Gasteiger charge is 2.32. The molecule has 6 aromatic rings. The molecule has 0 saturated heterocycles. The lowest BCUT2D eigenvalue weighted by atomic mass is 10.0. The second-order valence-corrected chi connectivity index (χ2v) is 10.7. The average Bonchev–Trinajstić information content (AvgIpc) is 3.27. The Balaban J connectivity index is 1.41. The number of hydrogen-bond donors (Lipinski definition) is 0. The van der Waals surface area contributed by atoms with Gasteiger partial charge < -0.3 is 4.90 Å². The second-order valence-electron chi connectivity index (χ2n) is 8.86. The van der Waals surface area contributed by atoms with Crippen molar-refractivity contribution in [1.29, 1.82) is 0 Å². The van der Waals surface area contributed by atoms with Crippen LogP contribution < -0.4 is 4.90 Å². The average molecular weight is 477 g/mol. The van der Waals surface area contributed by atoms with E-state index in [-0.39, 0.29) is 0 Å². The summed E-state index contributed by atoms with van der Waals surface area (Å²) in [6.07, 6.45) is 0. The fourth-order valence-electron chi connectivity index (χ4n) is 5.15. The van der Waals surface area contributed by atoms with Crippen LogP contribution in [0.3, 0.4) is 0 Å². The quantitative estimate of drug-likeness (QED) is 0.294. The van der Waals surface area contributed by atoms with Crippen molar-refractivity contribution in [3.8, 4) is 11.1 Å². The summed E-state index contributed by atoms with van der Waals surface area (Å²) in [5.41, 5.74) is 6.96. The van der Waals surface area contributed by atoms with Crippen LogP contribution in [0.25, 0.3) is 38.7 Å². The standard InChI is InChI=1S/C28H20N4O2S/c1-17-29-22-15-18(11-13-20(22)28-30-21-7-3-4-8-23(21)32(17)28)19-12-14-27-25(16-19)31(2)24-9-5-6-10-26(24)35(27,33)34/h3-16H,1-2H3. The Kier molecular flexibility index (Phi) is 3.97. The number of fused-ring (bicyclic) bond motifs is 7. The summed E-state index contributed by atoms with van der Waals surface area (Å²) >= 11 is 0. The summed E-state index contributed by atoms with van der Waals surface area (Å²) in [6, 6.07) is 26.8. The number of benzene rings is 4. The summed E-state index contributed by atoms with van der Waals surface area (Å²) in [7, 11) is -1.67. The Morgan fingerprint density at radius 3 is 2.31 bits per heavy atom. The highest BCUT2D eigenvalue weighted by atomic mass is 32.2. The number of nitrogens with zero attached hydrogens (tertiary/aromatic N) is 4. The molecule has 0 saturated carbocycles. The number of aromatic nitrogens is 3. The zero-order valence-electron chi connectivity index (χ0n) is 19.1. The number of imidazole rings is 1. The second kappa shape index (κ2) is 6.90. The van der Waals surface area contributed by atoms with Crippen molar-refractivity contribution in [3.05, 3.63) is 90.8 Å². The number of para-hydroxylation sites is 3. The van der Waals surface area contributed by atoms with Gasteiger partial charge in [0, 0.05) is 12.4 Å². The van der Waals surface area contributed by atoms with Gasteiger partial charge in [0.2, 0.25) is 9.84 Å². The van der Waals surface area contributed by atoms with Crippen LogP contribution in [0.4, 0.5) is 11.4 Å². The van der Waals surface area contributed by atoms with Gasteiger partial charge in [0.15, 0.2) is 0 Å². The molecule has 4 aromatic carbocycles. The zero-order chi connectivity index (χ0) is 23.9. The van der Waals surface area contributed by atoms with Crippen LogP contribution in [0, 0.1) is 6.92 Å². The minimum absolute atomic E-state index is 0.322. The van der Waals surface area contributed by atoms with Crippen molar-refractivity contribution < 1.29 is 8.42 Å². The monoisotopic (exact) mass is 476 g/mol. The molecule has 0 spiro atoms. The third-order valence-corrected chi connectivity index (χ3v) is 8.71. The Morgan fingerprint density at radius 1 is 0.714 bits per heavy atom. The van der Waals surface area contributed by atoms with E-state index >= 15 is 0 Å². The minimum atomic E-state index is -3.58. The Hall–Kier alpha value is -4.23. The molecule has 0 amide bonds. The number of anilines is 2. The van der Waals surface area contributed by atoms with Crippen LogP contribution in [0.1, 0.15) is 5.82 Å². The molecule has 0 radical (unpaired) electrons. The lowest BCUT2D eigenvalue weighted by molar-refractivity contribution is 0.594. The maximum atomic E-state index is 13.3. The molecule has 0 aliphatic carbocycles. The molecule has 2 aromatic heterocycles. The molecule has 7 heteroatoms. The fourth-order valence-corrected chi connectivity index (χ4v) is 6.84. The van der Waals surface area contributed by atoms with E-state index < -0.39 is 9.84 Å². The normalized spacial score (nSPS) is 14.4. The van der Waals surface area contributed by atoms with Gasteiger partial charge in [-0.05, 0) is 66.6 Å². The zero-order valence-corrected chi connectivity index (χ0v) is 19.9. The third kappa shape index (κ3) is 2.73. The molecule has 7 rings (SSSR count). The summed E-state index contributed by atoms with van der Waals surface area (Å²) in [5, 5.41) is 0.974. The first-order valence-electron chi connectivity index (χ1n) is 11.3. The van der Waals surface area contributed by atoms with Crippen molar-refractivity contribution >= 4 is 48.8 Å². The van der Waals surface area contributed by atoms with E-state index in [0.717, 1.165) is 44.5 Å². The first kappa shape index (κ1) is 20.2. The molecular weight excluding hydrogens is 456 g/mol. The van der Waals surface area contributed by atoms with Gasteiger partial charge in [-0.15, -0.1) is 0 Å². The third-order valence-electron chi connectivity index (χ3n) is 6.86. The summed E-state index contributed by atoms with van der Waals surface area (Å²) in [4.78, 5) is 12.3. The Morgan fingerprint density at radius 2 is 1.43 bits per heavy atom. The maximum Gasteiger partial charge on any atom is 0.210 e. The molecule has 6 nitrogen and oxygen atoms in total. The highest BCUT2D eigenvalue weighted by Crippen LogP contribution is 2.44. The van der Waals surface area contributed by atoms with Gasteiger partial charge in [0.1, 0.15) is 11.5 Å². The lowest BCUT2D eigenvalue weighted by Crippen LogP contribution is -2.22. The van der Waals surface area contributed by atoms with Crippen LogP contribution in [0.15, 0.2) is 94.7 Å². The van der Waals surface area contributed by atoms with Crippen LogP contribution in [0.2, 0.25) is 0 Å². The van der Waals surface area contributed by atoms with Crippen molar-refractivity contribution in [2.45, 2.75) is 16.7 Å². The smallest absolute Gasteiger partial charge is 0.210 e. The predicted molar refractivity (Wildman–Crippen MR) is 138 cm³/mol. The van der Waals surface area contributed by atoms with Gasteiger partial charge in [-0.3, -0.25) is 4.40 Å². The highest BCUT2D eigenvalue weighted by molar-refractivity contribution is 7.92. The van der Waals surface area contributed by atoms with Crippen LogP contribution in [-0.2, 0) is 9.84 Å². The van der Waals surface area contributed by atoms with Crippen molar-refractivity contribution in [2.24, 2.45) is 0 Å². The Labute approximate surface area is 202 Å². The van der Waals surface area contributed by atoms with E-state index in [2.05, 4.69) is 16.5 Å². The minimum Gasteiger partial charge on any atom is -0.342 e. The van der Waals surface area contributed by atoms with Crippen molar-refractivity contribution in [1.82, 2.24) is 14.4 Å². The Bertz CT molecular complexity index is 1960. The number of sulfone groups is 1. The predicted octanol–water partition coefficient (Wildman–Crippen LogP) is 5.93. The van der Waals surface area contributed by atoms with E-state index in [0.29, 0.717) is 21.2 Å². The van der Waals surface area contributed by atoms with Crippen LogP contribution >= 0.6 is 0 Å². The number of aryl methyl sites for hydroxylation is 1. The molecule has 0 bridgehead atoms. The van der Waals surface area contributed by atoms with E-state index in [4.69, 9.17) is 9.97 Å². The van der Waals surface area contributed by atoms with Gasteiger partial charge in [-0.1, -0.05) is 36.4 Å². The number of hydrogen-bond acceptors (Lipinski definition) is 5. The molecule has 170 valence electrons. The molecule has 35 heavy (non-hydrogen) atoms. The molecule has 0 unspecified atom stereocenters. The van der Waals surface area contributed by atoms with Gasteiger partial charge >= 0.3 is 0 Å². The molecule has 0 N–H and O–H groups in total. The number of rotatable bonds is 1. The van der Waals surface area contributed by atoms with Crippen LogP contribution in [0.5, 0.6) is 0 Å². The van der Waals surface area contributed by atoms with E-state index in [1.54, 1.807) is 18.2 Å². The maximum absolute atomic E-state index is 13.3. The summed E-state index contributed by atoms with van der Waals surface area (Å²) in [6.45, 7) is 1.99. The topological polar surface area (TPSA) is 67.6 Å².